The van der Waals surface area contributed by atoms with Gasteiger partial charge in [-0.3, -0.25) is 0 Å². The van der Waals surface area contributed by atoms with Crippen molar-refractivity contribution in [1.29, 1.82) is 0 Å². The van der Waals surface area contributed by atoms with Gasteiger partial charge in [-0.05, 0) is 26.0 Å². The highest BCUT2D eigenvalue weighted by Gasteiger charge is 2.32. The summed E-state index contributed by atoms with van der Waals surface area (Å²) in [5.74, 6) is 1.34. The molecule has 2 saturated heterocycles. The summed E-state index contributed by atoms with van der Waals surface area (Å²) in [6.07, 6.45) is 0. The first kappa shape index (κ1) is 23.2. The highest BCUT2D eigenvalue weighted by Crippen LogP contribution is 2.55. The molecular formula is C20H24O4S5. The van der Waals surface area contributed by atoms with Gasteiger partial charge < -0.3 is 9.47 Å². The Kier molecular flexibility index (Phi) is 8.56. The molecule has 2 fully saturated rings. The largest absolute Gasteiger partial charge is 0.461 e. The number of carbonyl (C=O) groups excluding carboxylic acids is 2. The van der Waals surface area contributed by atoms with Crippen LogP contribution >= 0.6 is 58.4 Å². The van der Waals surface area contributed by atoms with E-state index in [1.807, 2.05) is 58.4 Å². The third-order valence-electron chi connectivity index (χ3n) is 4.11. The molecule has 4 atom stereocenters. The van der Waals surface area contributed by atoms with E-state index in [2.05, 4.69) is 25.3 Å². The molecule has 4 nitrogen and oxygen atoms in total. The van der Waals surface area contributed by atoms with Crippen LogP contribution in [-0.4, -0.2) is 47.2 Å². The Hall–Kier alpha value is -0.480. The summed E-state index contributed by atoms with van der Waals surface area (Å²) in [5, 5.41) is 0.642. The predicted octanol–water partition coefficient (Wildman–Crippen LogP) is 5.68. The molecule has 1 aromatic rings. The molecule has 0 aromatic carbocycles. The number of hydrogen-bond acceptors (Lipinski definition) is 9. The molecule has 0 amide bonds. The van der Waals surface area contributed by atoms with Gasteiger partial charge in [0.25, 0.3) is 0 Å². The van der Waals surface area contributed by atoms with Gasteiger partial charge in [-0.1, -0.05) is 13.2 Å². The zero-order chi connectivity index (χ0) is 21.0. The van der Waals surface area contributed by atoms with Crippen LogP contribution in [-0.2, 0) is 19.1 Å². The van der Waals surface area contributed by atoms with E-state index in [9.17, 15) is 9.59 Å². The van der Waals surface area contributed by atoms with Crippen LogP contribution in [0.1, 0.15) is 32.8 Å². The Morgan fingerprint density at radius 2 is 1.31 bits per heavy atom. The third kappa shape index (κ3) is 6.50. The Bertz CT molecular complexity index is 727. The van der Waals surface area contributed by atoms with Crippen LogP contribution in [0.25, 0.3) is 0 Å². The summed E-state index contributed by atoms with van der Waals surface area (Å²) in [6, 6.07) is 4.45. The highest BCUT2D eigenvalue weighted by atomic mass is 32.2. The van der Waals surface area contributed by atoms with Crippen LogP contribution in [0.4, 0.5) is 0 Å². The van der Waals surface area contributed by atoms with Crippen molar-refractivity contribution >= 4 is 70.3 Å². The summed E-state index contributed by atoms with van der Waals surface area (Å²) in [7, 11) is 0. The zero-order valence-corrected chi connectivity index (χ0v) is 20.5. The summed E-state index contributed by atoms with van der Waals surface area (Å²) >= 11 is 9.44. The van der Waals surface area contributed by atoms with Crippen LogP contribution in [0.15, 0.2) is 36.4 Å². The molecule has 2 aliphatic heterocycles. The molecule has 0 aliphatic carbocycles. The molecule has 0 radical (unpaired) electrons. The van der Waals surface area contributed by atoms with E-state index in [4.69, 9.17) is 9.47 Å². The average Bonchev–Trinajstić information content (AvgIpc) is 3.43. The molecule has 0 saturated carbocycles. The van der Waals surface area contributed by atoms with Crippen LogP contribution < -0.4 is 0 Å². The van der Waals surface area contributed by atoms with Gasteiger partial charge in [-0.2, -0.15) is 0 Å². The average molecular weight is 489 g/mol. The van der Waals surface area contributed by atoms with E-state index < -0.39 is 0 Å². The van der Waals surface area contributed by atoms with Gasteiger partial charge in [0.2, 0.25) is 0 Å². The first-order valence-corrected chi connectivity index (χ1v) is 13.9. The zero-order valence-electron chi connectivity index (χ0n) is 16.4. The fourth-order valence-corrected chi connectivity index (χ4v) is 10.6. The normalized spacial score (nSPS) is 26.3. The van der Waals surface area contributed by atoms with E-state index in [-0.39, 0.29) is 11.9 Å². The predicted molar refractivity (Wildman–Crippen MR) is 129 cm³/mol. The van der Waals surface area contributed by atoms with Crippen LogP contribution in [0, 0.1) is 0 Å². The summed E-state index contributed by atoms with van der Waals surface area (Å²) < 4.78 is 11.4. The van der Waals surface area contributed by atoms with E-state index in [1.54, 1.807) is 13.8 Å². The lowest BCUT2D eigenvalue weighted by Crippen LogP contribution is -2.16. The minimum absolute atomic E-state index is 0.309. The lowest BCUT2D eigenvalue weighted by molar-refractivity contribution is -0.139. The molecule has 4 unspecified atom stereocenters. The summed E-state index contributed by atoms with van der Waals surface area (Å²) in [6.45, 7) is 11.5. The second kappa shape index (κ2) is 10.7. The summed E-state index contributed by atoms with van der Waals surface area (Å²) in [5.41, 5.74) is 0.888. The standard InChI is InChI=1S/C20H24O4S5/c1-11(2)17(21)23-7-13-9-25-19(27-13)15-5-6-16(29-15)20-26-10-14(28-20)8-24-18(22)12(3)4/h5-6,13-14,19-20H,1,3,7-10H2,2,4H3. The maximum Gasteiger partial charge on any atom is 0.333 e. The Balaban J connectivity index is 1.46. The van der Waals surface area contributed by atoms with Crippen molar-refractivity contribution in [3.05, 3.63) is 46.2 Å². The molecule has 9 heteroatoms. The fraction of sp³-hybridized carbons (Fsp3) is 0.500. The van der Waals surface area contributed by atoms with Crippen LogP contribution in [0.3, 0.4) is 0 Å². The van der Waals surface area contributed by atoms with Crippen molar-refractivity contribution in [2.45, 2.75) is 33.5 Å². The fourth-order valence-electron chi connectivity index (χ4n) is 2.57. The van der Waals surface area contributed by atoms with Crippen molar-refractivity contribution in [3.63, 3.8) is 0 Å². The molecule has 29 heavy (non-hydrogen) atoms. The van der Waals surface area contributed by atoms with Crippen molar-refractivity contribution in [1.82, 2.24) is 0 Å². The summed E-state index contributed by atoms with van der Waals surface area (Å²) in [4.78, 5) is 25.9. The topological polar surface area (TPSA) is 52.6 Å². The molecule has 3 heterocycles. The van der Waals surface area contributed by atoms with Gasteiger partial charge in [0, 0.05) is 42.9 Å². The maximum absolute atomic E-state index is 11.6. The van der Waals surface area contributed by atoms with Gasteiger partial charge in [-0.15, -0.1) is 58.4 Å². The van der Waals surface area contributed by atoms with Gasteiger partial charge in [-0.25, -0.2) is 9.59 Å². The van der Waals surface area contributed by atoms with E-state index in [0.29, 0.717) is 44.0 Å². The lowest BCUT2D eigenvalue weighted by Gasteiger charge is -2.11. The quantitative estimate of drug-likeness (QED) is 0.342. The Morgan fingerprint density at radius 3 is 1.69 bits per heavy atom. The number of thiophene rings is 1. The second-order valence-electron chi connectivity index (χ2n) is 6.84. The minimum atomic E-state index is -0.309. The molecule has 158 valence electrons. The smallest absolute Gasteiger partial charge is 0.333 e. The first-order chi connectivity index (χ1) is 13.8. The van der Waals surface area contributed by atoms with Gasteiger partial charge in [0.05, 0.1) is 9.16 Å². The van der Waals surface area contributed by atoms with Gasteiger partial charge in [0.1, 0.15) is 13.2 Å². The molecule has 1 aromatic heterocycles. The highest BCUT2D eigenvalue weighted by molar-refractivity contribution is 8.20. The van der Waals surface area contributed by atoms with E-state index in [1.165, 1.54) is 9.75 Å². The van der Waals surface area contributed by atoms with Gasteiger partial charge >= 0.3 is 11.9 Å². The maximum atomic E-state index is 11.6. The van der Waals surface area contributed by atoms with Crippen molar-refractivity contribution in [3.8, 4) is 0 Å². The SMILES string of the molecule is C=C(C)C(=O)OCC1CSC(c2ccc(C3SCC(COC(=O)C(=C)C)S3)s2)S1. The number of esters is 2. The van der Waals surface area contributed by atoms with Crippen molar-refractivity contribution < 1.29 is 19.1 Å². The molecular weight excluding hydrogens is 465 g/mol. The molecule has 3 rings (SSSR count). The second-order valence-corrected chi connectivity index (χ2v) is 13.7. The van der Waals surface area contributed by atoms with Crippen LogP contribution in [0.2, 0.25) is 0 Å². The Labute approximate surface area is 193 Å². The number of carbonyl (C=O) groups is 2. The number of rotatable bonds is 8. The number of ether oxygens (including phenoxy) is 2. The first-order valence-electron chi connectivity index (χ1n) is 9.12. The lowest BCUT2D eigenvalue weighted by atomic mass is 10.4. The van der Waals surface area contributed by atoms with E-state index >= 15 is 0 Å². The van der Waals surface area contributed by atoms with Crippen molar-refractivity contribution in [2.24, 2.45) is 0 Å². The van der Waals surface area contributed by atoms with E-state index in [0.717, 1.165) is 11.5 Å². The Morgan fingerprint density at radius 1 is 0.897 bits per heavy atom. The van der Waals surface area contributed by atoms with Crippen LogP contribution in [0.5, 0.6) is 0 Å². The molecule has 2 aliphatic rings. The molecule has 0 spiro atoms. The van der Waals surface area contributed by atoms with Gasteiger partial charge in [0.15, 0.2) is 0 Å². The monoisotopic (exact) mass is 488 g/mol. The van der Waals surface area contributed by atoms with Crippen molar-refractivity contribution in [2.75, 3.05) is 24.7 Å². The third-order valence-corrected chi connectivity index (χ3v) is 12.5. The molecule has 0 N–H and O–H groups in total. The number of hydrogen-bond donors (Lipinski definition) is 0. The minimum Gasteiger partial charge on any atom is -0.461 e. The molecule has 0 bridgehead atoms. The number of thioether (sulfide) groups is 4.